The Balaban J connectivity index is 2.32. The first-order valence-electron chi connectivity index (χ1n) is 7.09. The summed E-state index contributed by atoms with van der Waals surface area (Å²) >= 11 is 6.14. The topological polar surface area (TPSA) is 101 Å². The number of nitro groups is 1. The van der Waals surface area contributed by atoms with Crippen LogP contribution < -0.4 is 0 Å². The molecule has 1 aromatic rings. The van der Waals surface area contributed by atoms with Gasteiger partial charge in [0.1, 0.15) is 10.4 Å². The van der Waals surface area contributed by atoms with Crippen LogP contribution in [-0.4, -0.2) is 37.2 Å². The molecule has 1 saturated heterocycles. The normalized spacial score (nSPS) is 17.4. The third-order valence-corrected chi connectivity index (χ3v) is 4.69. The lowest BCUT2D eigenvalue weighted by atomic mass is 10.1. The zero-order chi connectivity index (χ0) is 17.9. The molecule has 1 N–H and O–H groups in total. The fourth-order valence-corrected chi connectivity index (χ4v) is 3.62. The van der Waals surface area contributed by atoms with Gasteiger partial charge in [0.15, 0.2) is 0 Å². The first-order chi connectivity index (χ1) is 11.3. The van der Waals surface area contributed by atoms with E-state index in [0.29, 0.717) is 18.4 Å². The van der Waals surface area contributed by atoms with Gasteiger partial charge in [-0.25, -0.2) is 4.79 Å². The summed E-state index contributed by atoms with van der Waals surface area (Å²) in [6, 6.07) is 4.83. The largest absolute Gasteiger partial charge is 0.480 e. The maximum atomic E-state index is 12.5. The molecule has 1 aliphatic heterocycles. The number of hydrogen-bond donors (Lipinski definition) is 1. The number of carboxylic acids is 1. The van der Waals surface area contributed by atoms with E-state index in [0.717, 1.165) is 16.7 Å². The van der Waals surface area contributed by atoms with E-state index in [-0.39, 0.29) is 14.9 Å². The summed E-state index contributed by atoms with van der Waals surface area (Å²) in [5.41, 5.74) is 0.390. The fourth-order valence-electron chi connectivity index (χ4n) is 2.26. The summed E-state index contributed by atoms with van der Waals surface area (Å²) in [5.74, 6) is -1.60. The van der Waals surface area contributed by atoms with Crippen LogP contribution in [0.2, 0.25) is 0 Å². The van der Waals surface area contributed by atoms with Gasteiger partial charge in [0, 0.05) is 12.1 Å². The molecular weight excluding hydrogens is 352 g/mol. The molecule has 0 aliphatic carbocycles. The van der Waals surface area contributed by atoms with Crippen molar-refractivity contribution in [2.75, 3.05) is 0 Å². The second kappa shape index (κ2) is 7.54. The Morgan fingerprint density at radius 1 is 1.54 bits per heavy atom. The molecule has 126 valence electrons. The number of non-ortho nitro benzene ring substituents is 1. The van der Waals surface area contributed by atoms with Crippen LogP contribution in [0.1, 0.15) is 25.3 Å². The molecule has 1 fully saturated rings. The fraction of sp³-hybridized carbons (Fsp3) is 0.267. The second-order valence-corrected chi connectivity index (χ2v) is 6.72. The average Bonchev–Trinajstić information content (AvgIpc) is 2.79. The van der Waals surface area contributed by atoms with Crippen molar-refractivity contribution >= 4 is 51.9 Å². The van der Waals surface area contributed by atoms with Crippen molar-refractivity contribution < 1.29 is 19.6 Å². The first kappa shape index (κ1) is 18.1. The molecule has 1 unspecified atom stereocenters. The molecule has 1 atom stereocenters. The van der Waals surface area contributed by atoms with E-state index in [9.17, 15) is 24.8 Å². The van der Waals surface area contributed by atoms with Gasteiger partial charge in [-0.15, -0.1) is 0 Å². The van der Waals surface area contributed by atoms with Gasteiger partial charge in [0.05, 0.1) is 9.83 Å². The van der Waals surface area contributed by atoms with E-state index in [1.54, 1.807) is 6.07 Å². The Hall–Kier alpha value is -2.26. The Morgan fingerprint density at radius 2 is 2.25 bits per heavy atom. The molecule has 24 heavy (non-hydrogen) atoms. The van der Waals surface area contributed by atoms with Gasteiger partial charge in [0.25, 0.3) is 11.6 Å². The molecule has 1 aromatic carbocycles. The van der Waals surface area contributed by atoms with Crippen LogP contribution in [0, 0.1) is 10.1 Å². The van der Waals surface area contributed by atoms with Crippen molar-refractivity contribution in [1.29, 1.82) is 0 Å². The van der Waals surface area contributed by atoms with Crippen LogP contribution in [0.5, 0.6) is 0 Å². The highest BCUT2D eigenvalue weighted by atomic mass is 32.2. The van der Waals surface area contributed by atoms with Crippen LogP contribution in [0.25, 0.3) is 6.08 Å². The predicted octanol–water partition coefficient (Wildman–Crippen LogP) is 3.05. The zero-order valence-corrected chi connectivity index (χ0v) is 14.3. The summed E-state index contributed by atoms with van der Waals surface area (Å²) in [6.07, 6.45) is 2.38. The highest BCUT2D eigenvalue weighted by Gasteiger charge is 2.39. The van der Waals surface area contributed by atoms with E-state index >= 15 is 0 Å². The Labute approximate surface area is 147 Å². The van der Waals surface area contributed by atoms with Crippen molar-refractivity contribution in [1.82, 2.24) is 4.90 Å². The number of benzene rings is 1. The van der Waals surface area contributed by atoms with Crippen molar-refractivity contribution in [3.63, 3.8) is 0 Å². The molecule has 1 heterocycles. The Bertz CT molecular complexity index is 747. The third kappa shape index (κ3) is 3.80. The Kier molecular flexibility index (Phi) is 5.68. The Morgan fingerprint density at radius 3 is 2.83 bits per heavy atom. The van der Waals surface area contributed by atoms with Crippen LogP contribution in [0.4, 0.5) is 5.69 Å². The molecule has 7 nitrogen and oxygen atoms in total. The summed E-state index contributed by atoms with van der Waals surface area (Å²) in [4.78, 5) is 35.6. The lowest BCUT2D eigenvalue weighted by Gasteiger charge is -2.22. The number of amides is 1. The standard InChI is InChI=1S/C15H14N2O5S2/c1-2-4-11(14(19)20)16-13(18)12(24-15(16)23)8-9-5-3-6-10(7-9)17(21)22/h3,5-8,11H,2,4H2,1H3,(H,19,20)/b12-8-. The van der Waals surface area contributed by atoms with Crippen molar-refractivity contribution in [3.8, 4) is 0 Å². The molecule has 1 amide bonds. The van der Waals surface area contributed by atoms with Crippen molar-refractivity contribution in [2.45, 2.75) is 25.8 Å². The minimum Gasteiger partial charge on any atom is -0.480 e. The molecular formula is C15H14N2O5S2. The number of thiocarbonyl (C=S) groups is 1. The van der Waals surface area contributed by atoms with Crippen LogP contribution in [0.15, 0.2) is 29.2 Å². The maximum absolute atomic E-state index is 12.5. The van der Waals surface area contributed by atoms with Crippen LogP contribution in [0.3, 0.4) is 0 Å². The van der Waals surface area contributed by atoms with E-state index in [1.807, 2.05) is 6.92 Å². The summed E-state index contributed by atoms with van der Waals surface area (Å²) in [5, 5.41) is 20.1. The van der Waals surface area contributed by atoms with Gasteiger partial charge in [-0.1, -0.05) is 49.5 Å². The molecule has 2 rings (SSSR count). The second-order valence-electron chi connectivity index (χ2n) is 5.05. The molecule has 0 aromatic heterocycles. The number of aliphatic carboxylic acids is 1. The molecule has 0 bridgehead atoms. The number of carbonyl (C=O) groups excluding carboxylic acids is 1. The molecule has 0 saturated carbocycles. The number of thioether (sulfide) groups is 1. The molecule has 9 heteroatoms. The minimum atomic E-state index is -1.11. The van der Waals surface area contributed by atoms with Gasteiger partial charge in [0.2, 0.25) is 0 Å². The number of carboxylic acid groups (broad SMARTS) is 1. The lowest BCUT2D eigenvalue weighted by Crippen LogP contribution is -2.43. The molecule has 1 aliphatic rings. The van der Waals surface area contributed by atoms with E-state index in [1.165, 1.54) is 24.3 Å². The van der Waals surface area contributed by atoms with E-state index in [4.69, 9.17) is 12.2 Å². The molecule has 0 spiro atoms. The van der Waals surface area contributed by atoms with Gasteiger partial charge >= 0.3 is 5.97 Å². The zero-order valence-electron chi connectivity index (χ0n) is 12.7. The van der Waals surface area contributed by atoms with Gasteiger partial charge in [-0.2, -0.15) is 0 Å². The number of nitro benzene ring substituents is 1. The van der Waals surface area contributed by atoms with Crippen LogP contribution >= 0.6 is 24.0 Å². The minimum absolute atomic E-state index is 0.0892. The summed E-state index contributed by atoms with van der Waals surface area (Å²) in [7, 11) is 0. The highest BCUT2D eigenvalue weighted by molar-refractivity contribution is 8.26. The molecule has 0 radical (unpaired) electrons. The summed E-state index contributed by atoms with van der Waals surface area (Å²) < 4.78 is 0.178. The van der Waals surface area contributed by atoms with Gasteiger partial charge in [-0.3, -0.25) is 19.8 Å². The van der Waals surface area contributed by atoms with Crippen LogP contribution in [-0.2, 0) is 9.59 Å². The maximum Gasteiger partial charge on any atom is 0.326 e. The van der Waals surface area contributed by atoms with E-state index < -0.39 is 22.8 Å². The van der Waals surface area contributed by atoms with Crippen molar-refractivity contribution in [2.24, 2.45) is 0 Å². The van der Waals surface area contributed by atoms with E-state index in [2.05, 4.69) is 0 Å². The summed E-state index contributed by atoms with van der Waals surface area (Å²) in [6.45, 7) is 1.83. The number of hydrogen-bond acceptors (Lipinski definition) is 6. The quantitative estimate of drug-likeness (QED) is 0.357. The first-order valence-corrected chi connectivity index (χ1v) is 8.32. The lowest BCUT2D eigenvalue weighted by molar-refractivity contribution is -0.384. The SMILES string of the molecule is CCCC(C(=O)O)N1C(=O)/C(=C/c2cccc([N+](=O)[O-])c2)SC1=S. The van der Waals surface area contributed by atoms with Crippen molar-refractivity contribution in [3.05, 3.63) is 44.8 Å². The number of carbonyl (C=O) groups is 2. The number of nitrogens with zero attached hydrogens (tertiary/aromatic N) is 2. The smallest absolute Gasteiger partial charge is 0.326 e. The van der Waals surface area contributed by atoms with Gasteiger partial charge in [-0.05, 0) is 18.1 Å². The van der Waals surface area contributed by atoms with Gasteiger partial charge < -0.3 is 5.11 Å². The third-order valence-electron chi connectivity index (χ3n) is 3.36. The number of rotatable bonds is 6. The predicted molar refractivity (Wildman–Crippen MR) is 94.4 cm³/mol. The highest BCUT2D eigenvalue weighted by Crippen LogP contribution is 2.35. The monoisotopic (exact) mass is 366 g/mol. The average molecular weight is 366 g/mol.